The fourth-order valence-electron chi connectivity index (χ4n) is 2.83. The van der Waals surface area contributed by atoms with E-state index in [-0.39, 0.29) is 12.1 Å². The summed E-state index contributed by atoms with van der Waals surface area (Å²) in [5.41, 5.74) is -0.958. The summed E-state index contributed by atoms with van der Waals surface area (Å²) in [6.45, 7) is 1.11. The number of urea groups is 1. The van der Waals surface area contributed by atoms with Crippen molar-refractivity contribution < 1.29 is 23.5 Å². The normalized spacial score (nSPS) is 21.0. The van der Waals surface area contributed by atoms with Crippen LogP contribution < -0.4 is 5.32 Å². The number of hydrogen-bond acceptors (Lipinski definition) is 3. The van der Waals surface area contributed by atoms with Crippen molar-refractivity contribution in [2.75, 3.05) is 6.54 Å². The van der Waals surface area contributed by atoms with E-state index in [1.165, 1.54) is 13.0 Å². The van der Waals surface area contributed by atoms with E-state index in [0.29, 0.717) is 10.6 Å². The lowest BCUT2D eigenvalue weighted by molar-refractivity contribution is -0.132. The van der Waals surface area contributed by atoms with Gasteiger partial charge in [0, 0.05) is 5.02 Å². The molecule has 2 aromatic rings. The second-order valence-corrected chi connectivity index (χ2v) is 6.60. The number of β-amino-alcohol motifs (C(OH)–C–C–N with tert-alkyl or cyclic N) is 1. The second kappa shape index (κ2) is 6.66. The lowest BCUT2D eigenvalue weighted by Gasteiger charge is -2.23. The molecule has 0 saturated carbocycles. The average molecular weight is 381 g/mol. The Kier molecular flexibility index (Phi) is 4.68. The van der Waals surface area contributed by atoms with Crippen molar-refractivity contribution in [1.29, 1.82) is 0 Å². The van der Waals surface area contributed by atoms with Crippen LogP contribution >= 0.6 is 11.6 Å². The molecule has 2 aromatic carbocycles. The van der Waals surface area contributed by atoms with Crippen molar-refractivity contribution in [3.8, 4) is 0 Å². The van der Waals surface area contributed by atoms with Gasteiger partial charge >= 0.3 is 6.03 Å². The van der Waals surface area contributed by atoms with Crippen LogP contribution in [0.25, 0.3) is 0 Å². The van der Waals surface area contributed by atoms with Crippen molar-refractivity contribution in [1.82, 2.24) is 10.2 Å². The molecule has 3 amide bonds. The van der Waals surface area contributed by atoms with E-state index < -0.39 is 35.2 Å². The standard InChI is InChI=1S/C18H15ClF2N2O3/c1-18(11-4-7-13(20)14(21)8-11)16(25)23(17(26)22-18)9-15(24)10-2-5-12(19)6-3-10/h2-8,15,24H,9H2,1H3,(H,22,26). The minimum Gasteiger partial charge on any atom is -0.387 e. The fraction of sp³-hybridized carbons (Fsp3) is 0.222. The highest BCUT2D eigenvalue weighted by molar-refractivity contribution is 6.30. The third kappa shape index (κ3) is 3.15. The summed E-state index contributed by atoms with van der Waals surface area (Å²) in [5, 5.41) is 13.3. The van der Waals surface area contributed by atoms with E-state index in [0.717, 1.165) is 17.0 Å². The number of benzene rings is 2. The van der Waals surface area contributed by atoms with Gasteiger partial charge in [0.05, 0.1) is 12.6 Å². The molecule has 1 heterocycles. The van der Waals surface area contributed by atoms with Gasteiger partial charge in [-0.25, -0.2) is 13.6 Å². The van der Waals surface area contributed by atoms with Crippen molar-refractivity contribution in [3.05, 3.63) is 70.2 Å². The van der Waals surface area contributed by atoms with Gasteiger partial charge in [0.25, 0.3) is 5.91 Å². The highest BCUT2D eigenvalue weighted by Gasteiger charge is 2.49. The molecular weight excluding hydrogens is 366 g/mol. The summed E-state index contributed by atoms with van der Waals surface area (Å²) in [7, 11) is 0. The smallest absolute Gasteiger partial charge is 0.325 e. The van der Waals surface area contributed by atoms with E-state index >= 15 is 0 Å². The zero-order chi connectivity index (χ0) is 19.1. The molecule has 2 unspecified atom stereocenters. The summed E-state index contributed by atoms with van der Waals surface area (Å²) >= 11 is 5.79. The molecular formula is C18H15ClF2N2O3. The number of imide groups is 1. The van der Waals surface area contributed by atoms with Gasteiger partial charge in [-0.2, -0.15) is 0 Å². The molecule has 2 atom stereocenters. The second-order valence-electron chi connectivity index (χ2n) is 6.17. The highest BCUT2D eigenvalue weighted by atomic mass is 35.5. The minimum absolute atomic E-state index is 0.109. The molecule has 2 N–H and O–H groups in total. The molecule has 3 rings (SSSR count). The third-order valence-electron chi connectivity index (χ3n) is 4.38. The Morgan fingerprint density at radius 1 is 1.15 bits per heavy atom. The summed E-state index contributed by atoms with van der Waals surface area (Å²) in [5.74, 6) is -2.84. The number of aliphatic hydroxyl groups excluding tert-OH is 1. The first-order valence-electron chi connectivity index (χ1n) is 7.75. The number of halogens is 3. The first kappa shape index (κ1) is 18.3. The molecule has 1 aliphatic rings. The van der Waals surface area contributed by atoms with Crippen LogP contribution in [0.4, 0.5) is 13.6 Å². The van der Waals surface area contributed by atoms with Crippen molar-refractivity contribution in [2.24, 2.45) is 0 Å². The van der Waals surface area contributed by atoms with E-state index in [1.807, 2.05) is 0 Å². The number of carbonyl (C=O) groups excluding carboxylic acids is 2. The minimum atomic E-state index is -1.55. The van der Waals surface area contributed by atoms with Gasteiger partial charge in [-0.05, 0) is 42.3 Å². The monoisotopic (exact) mass is 380 g/mol. The number of aliphatic hydroxyl groups is 1. The largest absolute Gasteiger partial charge is 0.387 e. The Bertz CT molecular complexity index is 875. The van der Waals surface area contributed by atoms with Crippen LogP contribution in [0.3, 0.4) is 0 Å². The summed E-state index contributed by atoms with van der Waals surface area (Å²) in [6, 6.07) is 8.59. The molecule has 26 heavy (non-hydrogen) atoms. The van der Waals surface area contributed by atoms with Gasteiger partial charge < -0.3 is 10.4 Å². The van der Waals surface area contributed by atoms with Crippen LogP contribution in [0.2, 0.25) is 5.02 Å². The van der Waals surface area contributed by atoms with Crippen LogP contribution in [0.5, 0.6) is 0 Å². The van der Waals surface area contributed by atoms with Crippen LogP contribution in [-0.4, -0.2) is 28.5 Å². The maximum Gasteiger partial charge on any atom is 0.325 e. The van der Waals surface area contributed by atoms with Crippen LogP contribution in [0, 0.1) is 11.6 Å². The molecule has 0 bridgehead atoms. The molecule has 1 aliphatic heterocycles. The Labute approximate surface area is 153 Å². The predicted octanol–water partition coefficient (Wildman–Crippen LogP) is 3.12. The molecule has 0 aromatic heterocycles. The maximum absolute atomic E-state index is 13.5. The fourth-order valence-corrected chi connectivity index (χ4v) is 2.95. The number of amides is 3. The zero-order valence-corrected chi connectivity index (χ0v) is 14.4. The van der Waals surface area contributed by atoms with E-state index in [9.17, 15) is 23.5 Å². The average Bonchev–Trinajstić information content (AvgIpc) is 2.82. The first-order chi connectivity index (χ1) is 12.2. The number of nitrogens with zero attached hydrogens (tertiary/aromatic N) is 1. The summed E-state index contributed by atoms with van der Waals surface area (Å²) in [4.78, 5) is 25.8. The number of rotatable bonds is 4. The maximum atomic E-state index is 13.5. The molecule has 1 saturated heterocycles. The third-order valence-corrected chi connectivity index (χ3v) is 4.63. The van der Waals surface area contributed by atoms with Gasteiger partial charge in [-0.15, -0.1) is 0 Å². The van der Waals surface area contributed by atoms with Gasteiger partial charge in [0.1, 0.15) is 5.54 Å². The number of hydrogen-bond donors (Lipinski definition) is 2. The molecule has 0 spiro atoms. The number of carbonyl (C=O) groups is 2. The first-order valence-corrected chi connectivity index (χ1v) is 8.13. The van der Waals surface area contributed by atoms with Crippen LogP contribution in [-0.2, 0) is 10.3 Å². The molecule has 8 heteroatoms. The van der Waals surface area contributed by atoms with Gasteiger partial charge in [-0.3, -0.25) is 9.69 Å². The summed E-state index contributed by atoms with van der Waals surface area (Å²) < 4.78 is 26.7. The van der Waals surface area contributed by atoms with E-state index in [2.05, 4.69) is 5.32 Å². The van der Waals surface area contributed by atoms with Gasteiger partial charge in [-0.1, -0.05) is 29.8 Å². The van der Waals surface area contributed by atoms with Gasteiger partial charge in [0.15, 0.2) is 11.6 Å². The van der Waals surface area contributed by atoms with Crippen LogP contribution in [0.1, 0.15) is 24.2 Å². The van der Waals surface area contributed by atoms with E-state index in [4.69, 9.17) is 11.6 Å². The van der Waals surface area contributed by atoms with Crippen molar-refractivity contribution >= 4 is 23.5 Å². The zero-order valence-electron chi connectivity index (χ0n) is 13.7. The molecule has 1 fully saturated rings. The molecule has 136 valence electrons. The Morgan fingerprint density at radius 3 is 2.42 bits per heavy atom. The Morgan fingerprint density at radius 2 is 1.81 bits per heavy atom. The number of nitrogens with one attached hydrogen (secondary N) is 1. The Hall–Kier alpha value is -2.51. The van der Waals surface area contributed by atoms with E-state index in [1.54, 1.807) is 24.3 Å². The Balaban J connectivity index is 1.84. The molecule has 0 aliphatic carbocycles. The SMILES string of the molecule is CC1(c2ccc(F)c(F)c2)NC(=O)N(CC(O)c2ccc(Cl)cc2)C1=O. The summed E-state index contributed by atoms with van der Waals surface area (Å²) in [6.07, 6.45) is -1.12. The lowest BCUT2D eigenvalue weighted by atomic mass is 9.92. The molecule has 0 radical (unpaired) electrons. The molecule has 5 nitrogen and oxygen atoms in total. The van der Waals surface area contributed by atoms with Crippen molar-refractivity contribution in [2.45, 2.75) is 18.6 Å². The highest BCUT2D eigenvalue weighted by Crippen LogP contribution is 2.31. The quantitative estimate of drug-likeness (QED) is 0.801. The van der Waals surface area contributed by atoms with Crippen LogP contribution in [0.15, 0.2) is 42.5 Å². The van der Waals surface area contributed by atoms with Crippen molar-refractivity contribution in [3.63, 3.8) is 0 Å². The van der Waals surface area contributed by atoms with Gasteiger partial charge in [0.2, 0.25) is 0 Å². The lowest BCUT2D eigenvalue weighted by Crippen LogP contribution is -2.41. The topological polar surface area (TPSA) is 69.6 Å². The predicted molar refractivity (Wildman–Crippen MR) is 90.4 cm³/mol.